The second-order valence-corrected chi connectivity index (χ2v) is 3.67. The van der Waals surface area contributed by atoms with Crippen molar-refractivity contribution in [3.8, 4) is 0 Å². The van der Waals surface area contributed by atoms with E-state index in [0.29, 0.717) is 10.8 Å². The van der Waals surface area contributed by atoms with Crippen molar-refractivity contribution in [2.24, 2.45) is 0 Å². The lowest BCUT2D eigenvalue weighted by molar-refractivity contribution is -0.140. The normalized spacial score (nSPS) is 10.6. The first kappa shape index (κ1) is 10.3. The Morgan fingerprint density at radius 2 is 2.20 bits per heavy atom. The average Bonchev–Trinajstić information content (AvgIpc) is 2.43. The molecule has 2 heterocycles. The van der Waals surface area contributed by atoms with E-state index < -0.39 is 5.97 Å². The number of pyridine rings is 1. The number of hydrogen-bond acceptors (Lipinski definition) is 3. The first-order valence-corrected chi connectivity index (χ1v) is 4.86. The summed E-state index contributed by atoms with van der Waals surface area (Å²) in [4.78, 5) is 19.7. The third-order valence-corrected chi connectivity index (χ3v) is 2.23. The van der Waals surface area contributed by atoms with Crippen LogP contribution in [0.1, 0.15) is 6.92 Å². The molecule has 0 fully saturated rings. The van der Waals surface area contributed by atoms with Crippen molar-refractivity contribution in [1.29, 1.82) is 0 Å². The summed E-state index contributed by atoms with van der Waals surface area (Å²) in [6.07, 6.45) is 0. The highest BCUT2D eigenvalue weighted by Gasteiger charge is 2.11. The van der Waals surface area contributed by atoms with E-state index in [4.69, 9.17) is 28.0 Å². The monoisotopic (exact) mass is 244 g/mol. The molecular formula is C9H6Cl2N2O2. The van der Waals surface area contributed by atoms with Gasteiger partial charge in [0.1, 0.15) is 10.3 Å². The summed E-state index contributed by atoms with van der Waals surface area (Å²) in [6.45, 7) is 1.28. The van der Waals surface area contributed by atoms with E-state index in [1.54, 1.807) is 18.2 Å². The Morgan fingerprint density at radius 1 is 1.47 bits per heavy atom. The third kappa shape index (κ3) is 1.91. The molecular weight excluding hydrogens is 239 g/mol. The van der Waals surface area contributed by atoms with Gasteiger partial charge < -0.3 is 4.84 Å². The van der Waals surface area contributed by atoms with E-state index in [-0.39, 0.29) is 5.15 Å². The van der Waals surface area contributed by atoms with Crippen LogP contribution in [0.5, 0.6) is 0 Å². The van der Waals surface area contributed by atoms with Gasteiger partial charge in [-0.05, 0) is 18.2 Å². The molecule has 0 N–H and O–H groups in total. The van der Waals surface area contributed by atoms with Crippen molar-refractivity contribution in [3.05, 3.63) is 28.5 Å². The molecule has 0 aliphatic rings. The molecule has 2 aromatic rings. The zero-order chi connectivity index (χ0) is 11.0. The molecule has 15 heavy (non-hydrogen) atoms. The summed E-state index contributed by atoms with van der Waals surface area (Å²) < 4.78 is 1.14. The van der Waals surface area contributed by atoms with Gasteiger partial charge in [-0.2, -0.15) is 0 Å². The quantitative estimate of drug-likeness (QED) is 0.724. The predicted molar refractivity (Wildman–Crippen MR) is 57.0 cm³/mol. The molecule has 2 aromatic heterocycles. The van der Waals surface area contributed by atoms with Crippen LogP contribution in [0.4, 0.5) is 0 Å². The first-order chi connectivity index (χ1) is 7.08. The van der Waals surface area contributed by atoms with Crippen molar-refractivity contribution in [2.75, 3.05) is 0 Å². The van der Waals surface area contributed by atoms with Crippen LogP contribution in [-0.2, 0) is 4.79 Å². The molecule has 0 radical (unpaired) electrons. The van der Waals surface area contributed by atoms with Crippen LogP contribution in [0, 0.1) is 0 Å². The minimum Gasteiger partial charge on any atom is -0.334 e. The smallest absolute Gasteiger partial charge is 0.330 e. The number of hydrogen-bond donors (Lipinski definition) is 0. The van der Waals surface area contributed by atoms with Crippen LogP contribution in [0.15, 0.2) is 18.2 Å². The van der Waals surface area contributed by atoms with Gasteiger partial charge >= 0.3 is 5.97 Å². The number of rotatable bonds is 1. The number of carbonyl (C=O) groups excluding carboxylic acids is 1. The Balaban J connectivity index is 2.65. The van der Waals surface area contributed by atoms with Crippen molar-refractivity contribution in [3.63, 3.8) is 0 Å². The van der Waals surface area contributed by atoms with Gasteiger partial charge in [0.25, 0.3) is 0 Å². The molecule has 0 unspecified atom stereocenters. The van der Waals surface area contributed by atoms with Gasteiger partial charge in [-0.3, -0.25) is 0 Å². The summed E-state index contributed by atoms with van der Waals surface area (Å²) in [5, 5.41) is 1.34. The highest BCUT2D eigenvalue weighted by Crippen LogP contribution is 2.22. The fraction of sp³-hybridized carbons (Fsp3) is 0.111. The van der Waals surface area contributed by atoms with Crippen LogP contribution in [-0.4, -0.2) is 15.7 Å². The Labute approximate surface area is 95.3 Å². The molecule has 0 atom stereocenters. The van der Waals surface area contributed by atoms with Crippen molar-refractivity contribution < 1.29 is 9.63 Å². The van der Waals surface area contributed by atoms with Gasteiger partial charge in [-0.1, -0.05) is 23.2 Å². The zero-order valence-corrected chi connectivity index (χ0v) is 9.21. The van der Waals surface area contributed by atoms with Crippen LogP contribution in [0.25, 0.3) is 11.0 Å². The number of carbonyl (C=O) groups is 1. The van der Waals surface area contributed by atoms with Gasteiger partial charge in [0.05, 0.1) is 0 Å². The molecule has 0 aromatic carbocycles. The summed E-state index contributed by atoms with van der Waals surface area (Å²) >= 11 is 11.6. The Morgan fingerprint density at radius 3 is 2.87 bits per heavy atom. The number of fused-ring (bicyclic) bond motifs is 1. The van der Waals surface area contributed by atoms with Gasteiger partial charge in [-0.15, -0.1) is 4.73 Å². The molecule has 4 nitrogen and oxygen atoms in total. The fourth-order valence-corrected chi connectivity index (χ4v) is 1.59. The molecule has 0 saturated heterocycles. The summed E-state index contributed by atoms with van der Waals surface area (Å²) in [5.74, 6) is -0.476. The maximum atomic E-state index is 10.8. The number of aromatic nitrogens is 2. The average molecular weight is 245 g/mol. The maximum Gasteiger partial charge on any atom is 0.330 e. The van der Waals surface area contributed by atoms with Gasteiger partial charge in [0, 0.05) is 12.3 Å². The first-order valence-electron chi connectivity index (χ1n) is 4.10. The minimum absolute atomic E-state index is 0.273. The molecule has 78 valence electrons. The van der Waals surface area contributed by atoms with E-state index in [1.807, 2.05) is 0 Å². The molecule has 0 aliphatic carbocycles. The van der Waals surface area contributed by atoms with Crippen LogP contribution in [0.3, 0.4) is 0 Å². The summed E-state index contributed by atoms with van der Waals surface area (Å²) in [6, 6.07) is 5.03. The summed E-state index contributed by atoms with van der Waals surface area (Å²) in [5.41, 5.74) is 0.419. The molecule has 0 aliphatic heterocycles. The Kier molecular flexibility index (Phi) is 2.54. The molecule has 2 rings (SSSR count). The number of nitrogens with zero attached hydrogens (tertiary/aromatic N) is 2. The van der Waals surface area contributed by atoms with Crippen LogP contribution in [0.2, 0.25) is 10.3 Å². The topological polar surface area (TPSA) is 44.1 Å². The van der Waals surface area contributed by atoms with Gasteiger partial charge in [-0.25, -0.2) is 9.78 Å². The highest BCUT2D eigenvalue weighted by atomic mass is 35.5. The van der Waals surface area contributed by atoms with E-state index in [1.165, 1.54) is 6.92 Å². The largest absolute Gasteiger partial charge is 0.334 e. The molecule has 0 spiro atoms. The number of halogens is 2. The Hall–Kier alpha value is -1.26. The second kappa shape index (κ2) is 3.72. The molecule has 0 amide bonds. The molecule has 6 heteroatoms. The van der Waals surface area contributed by atoms with Crippen LogP contribution >= 0.6 is 23.2 Å². The second-order valence-electron chi connectivity index (χ2n) is 2.89. The van der Waals surface area contributed by atoms with E-state index in [9.17, 15) is 4.79 Å². The lowest BCUT2D eigenvalue weighted by Gasteiger charge is -2.03. The van der Waals surface area contributed by atoms with E-state index in [0.717, 1.165) is 10.1 Å². The maximum absolute atomic E-state index is 10.8. The standard InChI is InChI=1S/C9H6Cl2N2O2/c1-5(14)15-13-8(11)4-6-2-3-7(10)12-9(6)13/h2-4H,1H3. The third-order valence-electron chi connectivity index (χ3n) is 1.75. The highest BCUT2D eigenvalue weighted by molar-refractivity contribution is 6.31. The van der Waals surface area contributed by atoms with Gasteiger partial charge in [0.2, 0.25) is 0 Å². The lowest BCUT2D eigenvalue weighted by Crippen LogP contribution is -2.16. The lowest BCUT2D eigenvalue weighted by atomic mass is 10.3. The zero-order valence-electron chi connectivity index (χ0n) is 7.70. The SMILES string of the molecule is CC(=O)On1c(Cl)cc2ccc(Cl)nc21. The Bertz CT molecular complexity index is 536. The van der Waals surface area contributed by atoms with E-state index >= 15 is 0 Å². The minimum atomic E-state index is -0.476. The van der Waals surface area contributed by atoms with Crippen molar-refractivity contribution >= 4 is 40.2 Å². The van der Waals surface area contributed by atoms with E-state index in [2.05, 4.69) is 4.98 Å². The van der Waals surface area contributed by atoms with Crippen LogP contribution < -0.4 is 4.84 Å². The fourth-order valence-electron chi connectivity index (χ4n) is 1.21. The summed E-state index contributed by atoms with van der Waals surface area (Å²) in [7, 11) is 0. The van der Waals surface area contributed by atoms with Crippen molar-refractivity contribution in [2.45, 2.75) is 6.92 Å². The van der Waals surface area contributed by atoms with Crippen molar-refractivity contribution in [1.82, 2.24) is 9.71 Å². The molecule has 0 saturated carbocycles. The molecule has 0 bridgehead atoms. The predicted octanol–water partition coefficient (Wildman–Crippen LogP) is 2.32. The van der Waals surface area contributed by atoms with Gasteiger partial charge in [0.15, 0.2) is 5.65 Å².